The fourth-order valence-corrected chi connectivity index (χ4v) is 1.63. The Kier molecular flexibility index (Phi) is 3.69. The Balaban J connectivity index is 3.21. The van der Waals surface area contributed by atoms with Crippen LogP contribution >= 0.6 is 15.9 Å². The highest BCUT2D eigenvalue weighted by molar-refractivity contribution is 9.10. The van der Waals surface area contributed by atoms with Gasteiger partial charge in [-0.05, 0) is 17.7 Å². The van der Waals surface area contributed by atoms with E-state index in [9.17, 15) is 4.79 Å². The third kappa shape index (κ3) is 2.70. The van der Waals surface area contributed by atoms with Gasteiger partial charge in [0.05, 0.1) is 19.1 Å². The quantitative estimate of drug-likeness (QED) is 0.911. The summed E-state index contributed by atoms with van der Waals surface area (Å²) in [7, 11) is 1.44. The SMILES string of the molecule is COc1cc(CC(=O)O)c(Br)cc1C#N. The number of nitriles is 1. The molecule has 0 heterocycles. The number of nitrogens with zero attached hydrogens (tertiary/aromatic N) is 1. The fraction of sp³-hybridized carbons (Fsp3) is 0.200. The summed E-state index contributed by atoms with van der Waals surface area (Å²) in [5.41, 5.74) is 0.955. The summed E-state index contributed by atoms with van der Waals surface area (Å²) >= 11 is 3.21. The lowest BCUT2D eigenvalue weighted by Gasteiger charge is -2.07. The van der Waals surface area contributed by atoms with Crippen molar-refractivity contribution in [1.82, 2.24) is 0 Å². The van der Waals surface area contributed by atoms with Gasteiger partial charge in [0.15, 0.2) is 0 Å². The minimum atomic E-state index is -0.928. The minimum Gasteiger partial charge on any atom is -0.495 e. The van der Waals surface area contributed by atoms with Gasteiger partial charge in [0.25, 0.3) is 0 Å². The zero-order valence-electron chi connectivity index (χ0n) is 7.95. The van der Waals surface area contributed by atoms with E-state index in [1.54, 1.807) is 12.1 Å². The first-order valence-corrected chi connectivity index (χ1v) is 4.86. The molecule has 0 aliphatic heterocycles. The first kappa shape index (κ1) is 11.5. The lowest BCUT2D eigenvalue weighted by Crippen LogP contribution is -2.02. The molecule has 0 radical (unpaired) electrons. The second-order valence-electron chi connectivity index (χ2n) is 2.83. The number of halogens is 1. The number of hydrogen-bond donors (Lipinski definition) is 1. The van der Waals surface area contributed by atoms with Crippen molar-refractivity contribution in [3.63, 3.8) is 0 Å². The van der Waals surface area contributed by atoms with Gasteiger partial charge in [0, 0.05) is 4.47 Å². The van der Waals surface area contributed by atoms with Crippen molar-refractivity contribution in [3.05, 3.63) is 27.7 Å². The number of carboxylic acids is 1. The first-order chi connectivity index (χ1) is 7.08. The van der Waals surface area contributed by atoms with Crippen LogP contribution in [0.15, 0.2) is 16.6 Å². The molecule has 0 bridgehead atoms. The van der Waals surface area contributed by atoms with Crippen molar-refractivity contribution in [1.29, 1.82) is 5.26 Å². The predicted molar refractivity (Wildman–Crippen MR) is 56.7 cm³/mol. The van der Waals surface area contributed by atoms with Crippen LogP contribution in [0.2, 0.25) is 0 Å². The summed E-state index contributed by atoms with van der Waals surface area (Å²) in [6.07, 6.45) is -0.108. The monoisotopic (exact) mass is 269 g/mol. The molecule has 0 spiro atoms. The van der Waals surface area contributed by atoms with Gasteiger partial charge >= 0.3 is 5.97 Å². The van der Waals surface area contributed by atoms with Crippen LogP contribution < -0.4 is 4.74 Å². The number of hydrogen-bond acceptors (Lipinski definition) is 3. The molecule has 0 amide bonds. The van der Waals surface area contributed by atoms with E-state index in [4.69, 9.17) is 15.1 Å². The average Bonchev–Trinajstić information content (AvgIpc) is 2.19. The van der Waals surface area contributed by atoms with E-state index in [0.29, 0.717) is 21.3 Å². The smallest absolute Gasteiger partial charge is 0.307 e. The van der Waals surface area contributed by atoms with Crippen LogP contribution in [0.1, 0.15) is 11.1 Å². The Bertz CT molecular complexity index is 437. The summed E-state index contributed by atoms with van der Waals surface area (Å²) < 4.78 is 5.58. The second-order valence-corrected chi connectivity index (χ2v) is 3.68. The van der Waals surface area contributed by atoms with E-state index in [-0.39, 0.29) is 6.42 Å². The van der Waals surface area contributed by atoms with Gasteiger partial charge in [-0.3, -0.25) is 4.79 Å². The molecule has 1 aromatic carbocycles. The number of rotatable bonds is 3. The summed E-state index contributed by atoms with van der Waals surface area (Å²) in [4.78, 5) is 10.5. The summed E-state index contributed by atoms with van der Waals surface area (Å²) in [5.74, 6) is -0.542. The van der Waals surface area contributed by atoms with Crippen LogP contribution in [-0.2, 0) is 11.2 Å². The Morgan fingerprint density at radius 3 is 2.80 bits per heavy atom. The highest BCUT2D eigenvalue weighted by atomic mass is 79.9. The molecule has 1 rings (SSSR count). The van der Waals surface area contributed by atoms with E-state index >= 15 is 0 Å². The Labute approximate surface area is 95.2 Å². The number of ether oxygens (including phenoxy) is 1. The van der Waals surface area contributed by atoms with E-state index in [2.05, 4.69) is 15.9 Å². The van der Waals surface area contributed by atoms with Crippen LogP contribution in [0.3, 0.4) is 0 Å². The lowest BCUT2D eigenvalue weighted by atomic mass is 10.1. The molecule has 0 aliphatic carbocycles. The summed E-state index contributed by atoms with van der Waals surface area (Å²) in [5, 5.41) is 17.4. The van der Waals surface area contributed by atoms with Crippen molar-refractivity contribution in [2.45, 2.75) is 6.42 Å². The number of aliphatic carboxylic acids is 1. The molecule has 4 nitrogen and oxygen atoms in total. The van der Waals surface area contributed by atoms with Crippen molar-refractivity contribution >= 4 is 21.9 Å². The third-order valence-electron chi connectivity index (χ3n) is 1.83. The standard InChI is InChI=1S/C10H8BrNO3/c1-15-9-3-6(4-10(13)14)8(11)2-7(9)5-12/h2-3H,4H2,1H3,(H,13,14). The van der Waals surface area contributed by atoms with Gasteiger partial charge in [0.2, 0.25) is 0 Å². The predicted octanol–water partition coefficient (Wildman–Crippen LogP) is 1.96. The molecule has 0 saturated heterocycles. The molecule has 1 N–H and O–H groups in total. The molecule has 0 aliphatic rings. The molecule has 0 saturated carbocycles. The van der Waals surface area contributed by atoms with E-state index in [0.717, 1.165) is 0 Å². The lowest BCUT2D eigenvalue weighted by molar-refractivity contribution is -0.136. The molecule has 78 valence electrons. The molecule has 15 heavy (non-hydrogen) atoms. The molecular formula is C10H8BrNO3. The number of carboxylic acid groups (broad SMARTS) is 1. The van der Waals surface area contributed by atoms with Crippen molar-refractivity contribution in [3.8, 4) is 11.8 Å². The van der Waals surface area contributed by atoms with E-state index < -0.39 is 5.97 Å². The Morgan fingerprint density at radius 2 is 2.33 bits per heavy atom. The molecule has 5 heteroatoms. The molecule has 0 atom stereocenters. The summed E-state index contributed by atoms with van der Waals surface area (Å²) in [6, 6.07) is 5.07. The van der Waals surface area contributed by atoms with Crippen molar-refractivity contribution < 1.29 is 14.6 Å². The topological polar surface area (TPSA) is 70.3 Å². The number of carbonyl (C=O) groups is 1. The maximum atomic E-state index is 10.5. The van der Waals surface area contributed by atoms with E-state index in [1.165, 1.54) is 7.11 Å². The van der Waals surface area contributed by atoms with Gasteiger partial charge in [-0.25, -0.2) is 0 Å². The second kappa shape index (κ2) is 4.80. The Morgan fingerprint density at radius 1 is 1.67 bits per heavy atom. The number of benzene rings is 1. The molecule has 0 aromatic heterocycles. The molecular weight excluding hydrogens is 262 g/mol. The van der Waals surface area contributed by atoms with E-state index in [1.807, 2.05) is 6.07 Å². The van der Waals surface area contributed by atoms with Crippen LogP contribution in [0.5, 0.6) is 5.75 Å². The third-order valence-corrected chi connectivity index (χ3v) is 2.57. The van der Waals surface area contributed by atoms with Gasteiger partial charge in [-0.1, -0.05) is 15.9 Å². The zero-order chi connectivity index (χ0) is 11.4. The minimum absolute atomic E-state index is 0.108. The summed E-state index contributed by atoms with van der Waals surface area (Å²) in [6.45, 7) is 0. The van der Waals surface area contributed by atoms with Gasteiger partial charge in [-0.15, -0.1) is 0 Å². The van der Waals surface area contributed by atoms with Crippen LogP contribution in [0.4, 0.5) is 0 Å². The number of methoxy groups -OCH3 is 1. The first-order valence-electron chi connectivity index (χ1n) is 4.06. The molecule has 0 unspecified atom stereocenters. The van der Waals surface area contributed by atoms with Gasteiger partial charge in [0.1, 0.15) is 11.8 Å². The van der Waals surface area contributed by atoms with Gasteiger partial charge < -0.3 is 9.84 Å². The highest BCUT2D eigenvalue weighted by Crippen LogP contribution is 2.27. The normalized spacial score (nSPS) is 9.40. The van der Waals surface area contributed by atoms with Crippen LogP contribution in [-0.4, -0.2) is 18.2 Å². The largest absolute Gasteiger partial charge is 0.495 e. The maximum Gasteiger partial charge on any atom is 0.307 e. The molecule has 0 fully saturated rings. The van der Waals surface area contributed by atoms with Crippen LogP contribution in [0.25, 0.3) is 0 Å². The van der Waals surface area contributed by atoms with Gasteiger partial charge in [-0.2, -0.15) is 5.26 Å². The van der Waals surface area contributed by atoms with Crippen molar-refractivity contribution in [2.75, 3.05) is 7.11 Å². The molecule has 1 aromatic rings. The maximum absolute atomic E-state index is 10.5. The highest BCUT2D eigenvalue weighted by Gasteiger charge is 2.11. The fourth-order valence-electron chi connectivity index (χ4n) is 1.15. The Hall–Kier alpha value is -1.54. The average molecular weight is 270 g/mol. The van der Waals surface area contributed by atoms with Crippen LogP contribution in [0, 0.1) is 11.3 Å². The zero-order valence-corrected chi connectivity index (χ0v) is 9.54. The van der Waals surface area contributed by atoms with Crippen molar-refractivity contribution in [2.24, 2.45) is 0 Å².